The highest BCUT2D eigenvalue weighted by Gasteiger charge is 2.31. The lowest BCUT2D eigenvalue weighted by Crippen LogP contribution is -2.43. The number of nitrogens with one attached hydrogen (secondary N) is 1. The van der Waals surface area contributed by atoms with Gasteiger partial charge in [0.1, 0.15) is 11.5 Å². The van der Waals surface area contributed by atoms with E-state index >= 15 is 0 Å². The van der Waals surface area contributed by atoms with E-state index in [9.17, 15) is 4.79 Å². The second kappa shape index (κ2) is 11.1. The van der Waals surface area contributed by atoms with Crippen molar-refractivity contribution in [2.75, 3.05) is 27.3 Å². The first-order valence-electron chi connectivity index (χ1n) is 11.1. The Bertz CT molecular complexity index is 819. The molecule has 1 saturated heterocycles. The number of likely N-dealkylation sites (tertiary alicyclic amines) is 1. The summed E-state index contributed by atoms with van der Waals surface area (Å²) in [5.41, 5.74) is 1.99. The van der Waals surface area contributed by atoms with Gasteiger partial charge in [-0.2, -0.15) is 0 Å². The quantitative estimate of drug-likeness (QED) is 0.652. The van der Waals surface area contributed by atoms with Gasteiger partial charge >= 0.3 is 0 Å². The largest absolute Gasteiger partial charge is 0.496 e. The molecule has 0 spiro atoms. The molecule has 2 atom stereocenters. The Hall–Kier alpha value is -2.60. The number of carbonyl (C=O) groups is 1. The minimum atomic E-state index is -0.0881. The lowest BCUT2D eigenvalue weighted by Gasteiger charge is -2.37. The SMILES string of the molecule is COc1cccc(OC)c1CN1CCC[C@H]([C@@H](NC(=O)CC(C)C)c2ccccn2)C1. The van der Waals surface area contributed by atoms with Crippen LogP contribution in [0.2, 0.25) is 0 Å². The van der Waals surface area contributed by atoms with Crippen LogP contribution in [-0.4, -0.2) is 43.1 Å². The Morgan fingerprint density at radius 1 is 1.16 bits per heavy atom. The van der Waals surface area contributed by atoms with E-state index < -0.39 is 0 Å². The molecule has 2 heterocycles. The van der Waals surface area contributed by atoms with Crippen LogP contribution in [-0.2, 0) is 11.3 Å². The van der Waals surface area contributed by atoms with Crippen LogP contribution in [0, 0.1) is 11.8 Å². The molecule has 2 aromatic rings. The van der Waals surface area contributed by atoms with Gasteiger partial charge in [0.15, 0.2) is 0 Å². The molecule has 1 N–H and O–H groups in total. The van der Waals surface area contributed by atoms with E-state index in [2.05, 4.69) is 29.0 Å². The monoisotopic (exact) mass is 425 g/mol. The van der Waals surface area contributed by atoms with Crippen LogP contribution in [0.3, 0.4) is 0 Å². The zero-order chi connectivity index (χ0) is 22.2. The van der Waals surface area contributed by atoms with Crippen LogP contribution in [0.15, 0.2) is 42.6 Å². The van der Waals surface area contributed by atoms with Crippen LogP contribution < -0.4 is 14.8 Å². The van der Waals surface area contributed by atoms with Gasteiger partial charge in [-0.3, -0.25) is 14.7 Å². The van der Waals surface area contributed by atoms with Crippen molar-refractivity contribution >= 4 is 5.91 Å². The number of pyridine rings is 1. The van der Waals surface area contributed by atoms with Crippen molar-refractivity contribution in [2.45, 2.75) is 45.7 Å². The number of methoxy groups -OCH3 is 2. The van der Waals surface area contributed by atoms with E-state index in [1.165, 1.54) is 0 Å². The summed E-state index contributed by atoms with van der Waals surface area (Å²) in [5, 5.41) is 3.29. The van der Waals surface area contributed by atoms with Crippen LogP contribution in [0.4, 0.5) is 0 Å². The minimum absolute atomic E-state index is 0.0881. The number of carbonyl (C=O) groups excluding carboxylic acids is 1. The lowest BCUT2D eigenvalue weighted by atomic mass is 9.88. The van der Waals surface area contributed by atoms with Gasteiger partial charge in [0.05, 0.1) is 31.5 Å². The number of rotatable bonds is 9. The van der Waals surface area contributed by atoms with Gasteiger partial charge in [0.2, 0.25) is 5.91 Å². The molecule has 0 saturated carbocycles. The lowest BCUT2D eigenvalue weighted by molar-refractivity contribution is -0.123. The number of aromatic nitrogens is 1. The number of benzene rings is 1. The molecule has 0 aliphatic carbocycles. The third-order valence-electron chi connectivity index (χ3n) is 5.84. The summed E-state index contributed by atoms with van der Waals surface area (Å²) in [6.45, 7) is 6.77. The molecule has 1 amide bonds. The van der Waals surface area contributed by atoms with Gasteiger partial charge in [0, 0.05) is 25.7 Å². The minimum Gasteiger partial charge on any atom is -0.496 e. The first kappa shape index (κ1) is 23.1. The van der Waals surface area contributed by atoms with Gasteiger partial charge in [-0.1, -0.05) is 26.0 Å². The fourth-order valence-corrected chi connectivity index (χ4v) is 4.41. The van der Waals surface area contributed by atoms with E-state index in [4.69, 9.17) is 9.47 Å². The summed E-state index contributed by atoms with van der Waals surface area (Å²) in [5.74, 6) is 2.39. The number of piperidine rings is 1. The van der Waals surface area contributed by atoms with Crippen molar-refractivity contribution < 1.29 is 14.3 Å². The van der Waals surface area contributed by atoms with Crippen LogP contribution >= 0.6 is 0 Å². The van der Waals surface area contributed by atoms with E-state index in [0.717, 1.165) is 55.2 Å². The maximum Gasteiger partial charge on any atom is 0.220 e. The molecule has 1 aromatic carbocycles. The summed E-state index contributed by atoms with van der Waals surface area (Å²) < 4.78 is 11.2. The van der Waals surface area contributed by atoms with E-state index in [0.29, 0.717) is 18.3 Å². The number of amides is 1. The predicted molar refractivity (Wildman–Crippen MR) is 122 cm³/mol. The van der Waals surface area contributed by atoms with Crippen molar-refractivity contribution in [2.24, 2.45) is 11.8 Å². The summed E-state index contributed by atoms with van der Waals surface area (Å²) in [4.78, 5) is 19.6. The highest BCUT2D eigenvalue weighted by atomic mass is 16.5. The molecular formula is C25H35N3O3. The van der Waals surface area contributed by atoms with Crippen molar-refractivity contribution in [3.63, 3.8) is 0 Å². The topological polar surface area (TPSA) is 63.7 Å². The number of hydrogen-bond donors (Lipinski definition) is 1. The van der Waals surface area contributed by atoms with Crippen LogP contribution in [0.5, 0.6) is 11.5 Å². The molecule has 31 heavy (non-hydrogen) atoms. The molecule has 1 aliphatic heterocycles. The third-order valence-corrected chi connectivity index (χ3v) is 5.84. The molecule has 0 radical (unpaired) electrons. The maximum atomic E-state index is 12.6. The molecule has 0 bridgehead atoms. The Kier molecular flexibility index (Phi) is 8.29. The van der Waals surface area contributed by atoms with Crippen LogP contribution in [0.25, 0.3) is 0 Å². The fourth-order valence-electron chi connectivity index (χ4n) is 4.41. The average Bonchev–Trinajstić information content (AvgIpc) is 2.78. The van der Waals surface area contributed by atoms with Gasteiger partial charge in [0.25, 0.3) is 0 Å². The van der Waals surface area contributed by atoms with Crippen molar-refractivity contribution in [3.05, 3.63) is 53.9 Å². The summed E-state index contributed by atoms with van der Waals surface area (Å²) in [6.07, 6.45) is 4.46. The molecule has 6 nitrogen and oxygen atoms in total. The standard InChI is InChI=1S/C25H35N3O3/c1-18(2)15-24(29)27-25(21-10-5-6-13-26-21)19-9-8-14-28(16-19)17-20-22(30-3)11-7-12-23(20)31-4/h5-7,10-13,18-19,25H,8-9,14-17H2,1-4H3,(H,27,29)/t19-,25+/m0/s1. The Morgan fingerprint density at radius 3 is 2.52 bits per heavy atom. The molecule has 3 rings (SSSR count). The number of hydrogen-bond acceptors (Lipinski definition) is 5. The second-order valence-electron chi connectivity index (χ2n) is 8.68. The molecule has 0 unspecified atom stereocenters. The van der Waals surface area contributed by atoms with Gasteiger partial charge < -0.3 is 14.8 Å². The normalized spacial score (nSPS) is 17.9. The fraction of sp³-hybridized carbons (Fsp3) is 0.520. The number of nitrogens with zero attached hydrogens (tertiary/aromatic N) is 2. The zero-order valence-corrected chi connectivity index (χ0v) is 19.1. The third kappa shape index (κ3) is 6.20. The summed E-state index contributed by atoms with van der Waals surface area (Å²) in [6, 6.07) is 11.7. The molecule has 1 aliphatic rings. The molecule has 1 aromatic heterocycles. The van der Waals surface area contributed by atoms with Crippen molar-refractivity contribution in [1.29, 1.82) is 0 Å². The van der Waals surface area contributed by atoms with Crippen molar-refractivity contribution in [1.82, 2.24) is 15.2 Å². The summed E-state index contributed by atoms with van der Waals surface area (Å²) >= 11 is 0. The first-order chi connectivity index (χ1) is 15.0. The van der Waals surface area contributed by atoms with Gasteiger partial charge in [-0.15, -0.1) is 0 Å². The molecular weight excluding hydrogens is 390 g/mol. The van der Waals surface area contributed by atoms with Gasteiger partial charge in [-0.05, 0) is 55.5 Å². The summed E-state index contributed by atoms with van der Waals surface area (Å²) in [7, 11) is 3.39. The second-order valence-corrected chi connectivity index (χ2v) is 8.68. The van der Waals surface area contributed by atoms with E-state index in [1.807, 2.05) is 36.4 Å². The Morgan fingerprint density at radius 2 is 1.90 bits per heavy atom. The smallest absolute Gasteiger partial charge is 0.220 e. The van der Waals surface area contributed by atoms with E-state index in [-0.39, 0.29) is 11.9 Å². The molecule has 168 valence electrons. The van der Waals surface area contributed by atoms with E-state index in [1.54, 1.807) is 20.4 Å². The molecule has 6 heteroatoms. The highest BCUT2D eigenvalue weighted by Crippen LogP contribution is 2.33. The zero-order valence-electron chi connectivity index (χ0n) is 19.1. The maximum absolute atomic E-state index is 12.6. The molecule has 1 fully saturated rings. The highest BCUT2D eigenvalue weighted by molar-refractivity contribution is 5.76. The van der Waals surface area contributed by atoms with Crippen LogP contribution in [0.1, 0.15) is 50.4 Å². The average molecular weight is 426 g/mol. The Balaban J connectivity index is 1.78. The first-order valence-corrected chi connectivity index (χ1v) is 11.1. The Labute approximate surface area is 186 Å². The van der Waals surface area contributed by atoms with Crippen molar-refractivity contribution in [3.8, 4) is 11.5 Å². The number of ether oxygens (including phenoxy) is 2. The van der Waals surface area contributed by atoms with Gasteiger partial charge in [-0.25, -0.2) is 0 Å². The predicted octanol–water partition coefficient (Wildman–Crippen LogP) is 4.21.